The van der Waals surface area contributed by atoms with Crippen LogP contribution in [0.3, 0.4) is 0 Å². The number of hydrogen-bond acceptors (Lipinski definition) is 5. The van der Waals surface area contributed by atoms with Gasteiger partial charge in [0.05, 0.1) is 18.1 Å². The Bertz CT molecular complexity index is 430. The van der Waals surface area contributed by atoms with Crippen LogP contribution in [0, 0.1) is 5.92 Å². The van der Waals surface area contributed by atoms with E-state index in [1.54, 1.807) is 4.90 Å². The van der Waals surface area contributed by atoms with Crippen molar-refractivity contribution in [1.29, 1.82) is 0 Å². The number of carbonyl (C=O) groups is 2. The smallest absolute Gasteiger partial charge is 0.317 e. The fourth-order valence-electron chi connectivity index (χ4n) is 1.72. The fraction of sp³-hybridized carbons (Fsp3) is 0.818. The maximum absolute atomic E-state index is 11.6. The Morgan fingerprint density at radius 3 is 2.37 bits per heavy atom. The van der Waals surface area contributed by atoms with E-state index in [2.05, 4.69) is 0 Å². The maximum atomic E-state index is 11.6. The molecule has 0 heterocycles. The predicted octanol–water partition coefficient (Wildman–Crippen LogP) is -0.927. The number of amides is 1. The number of carboxylic acids is 1. The van der Waals surface area contributed by atoms with Crippen LogP contribution in [0.2, 0.25) is 0 Å². The number of sulfone groups is 1. The Morgan fingerprint density at radius 2 is 1.89 bits per heavy atom. The molecule has 0 radical (unpaired) electrons. The number of carboxylic acid groups (broad SMARTS) is 1. The first-order valence-electron chi connectivity index (χ1n) is 6.21. The Kier molecular flexibility index (Phi) is 5.74. The zero-order valence-electron chi connectivity index (χ0n) is 10.7. The van der Waals surface area contributed by atoms with E-state index in [1.807, 2.05) is 0 Å². The van der Waals surface area contributed by atoms with Crippen molar-refractivity contribution in [3.8, 4) is 0 Å². The summed E-state index contributed by atoms with van der Waals surface area (Å²) < 4.78 is 23.3. The normalized spacial score (nSPS) is 15.6. The van der Waals surface area contributed by atoms with Gasteiger partial charge in [0.25, 0.3) is 0 Å². The van der Waals surface area contributed by atoms with Gasteiger partial charge in [-0.2, -0.15) is 0 Å². The third-order valence-corrected chi connectivity index (χ3v) is 4.58. The molecule has 0 aromatic rings. The van der Waals surface area contributed by atoms with Crippen LogP contribution in [0.5, 0.6) is 0 Å². The Hall–Kier alpha value is -1.15. The van der Waals surface area contributed by atoms with Crippen molar-refractivity contribution in [2.75, 3.05) is 31.1 Å². The Labute approximate surface area is 112 Å². The summed E-state index contributed by atoms with van der Waals surface area (Å²) in [6, 6.07) is 0. The predicted molar refractivity (Wildman–Crippen MR) is 69.3 cm³/mol. The molecule has 0 aliphatic heterocycles. The molecule has 0 spiro atoms. The van der Waals surface area contributed by atoms with Gasteiger partial charge in [0.15, 0.2) is 9.84 Å². The molecule has 3 N–H and O–H groups in total. The zero-order chi connectivity index (χ0) is 14.5. The Morgan fingerprint density at radius 1 is 1.26 bits per heavy atom. The van der Waals surface area contributed by atoms with Crippen LogP contribution in [0.15, 0.2) is 0 Å². The minimum Gasteiger partial charge on any atom is -0.480 e. The van der Waals surface area contributed by atoms with E-state index in [9.17, 15) is 18.0 Å². The van der Waals surface area contributed by atoms with E-state index in [4.69, 9.17) is 10.8 Å². The second-order valence-electron chi connectivity index (χ2n) is 4.94. The lowest BCUT2D eigenvalue weighted by atomic mass is 10.3. The van der Waals surface area contributed by atoms with Crippen LogP contribution in [-0.4, -0.2) is 61.4 Å². The number of nitrogens with zero attached hydrogens (tertiary/aromatic N) is 1. The molecule has 0 bridgehead atoms. The molecular weight excluding hydrogens is 272 g/mol. The number of aliphatic carboxylic acids is 1. The molecule has 0 aromatic heterocycles. The molecular formula is C11H20N2O5S. The molecule has 1 aliphatic rings. The molecule has 1 aliphatic carbocycles. The average Bonchev–Trinajstić information content (AvgIpc) is 3.07. The molecule has 8 heteroatoms. The van der Waals surface area contributed by atoms with Gasteiger partial charge in [-0.05, 0) is 18.8 Å². The first-order valence-corrected chi connectivity index (χ1v) is 8.03. The van der Waals surface area contributed by atoms with Crippen LogP contribution < -0.4 is 5.73 Å². The molecule has 0 saturated heterocycles. The van der Waals surface area contributed by atoms with Gasteiger partial charge in [0.2, 0.25) is 5.91 Å². The minimum absolute atomic E-state index is 0.139. The van der Waals surface area contributed by atoms with Crippen molar-refractivity contribution >= 4 is 21.7 Å². The highest BCUT2D eigenvalue weighted by molar-refractivity contribution is 7.91. The molecule has 0 aromatic carbocycles. The minimum atomic E-state index is -3.36. The molecule has 0 atom stereocenters. The quantitative estimate of drug-likeness (QED) is 0.537. The first-order chi connectivity index (χ1) is 8.78. The second kappa shape index (κ2) is 6.85. The van der Waals surface area contributed by atoms with E-state index in [1.165, 1.54) is 0 Å². The summed E-state index contributed by atoms with van der Waals surface area (Å²) in [6.45, 7) is 0.656. The van der Waals surface area contributed by atoms with Crippen molar-refractivity contribution in [2.24, 2.45) is 11.7 Å². The largest absolute Gasteiger partial charge is 0.480 e. The van der Waals surface area contributed by atoms with E-state index in [-0.39, 0.29) is 31.0 Å². The van der Waals surface area contributed by atoms with Gasteiger partial charge in [-0.15, -0.1) is 0 Å². The standard InChI is InChI=1S/C11H20N2O5S/c12-10(14)3-5-19(17,18)6-4-13(8-11(15)16)7-9-1-2-9/h9H,1-8H2,(H2,12,14)(H,15,16). The maximum Gasteiger partial charge on any atom is 0.317 e. The average molecular weight is 292 g/mol. The molecule has 7 nitrogen and oxygen atoms in total. The van der Waals surface area contributed by atoms with E-state index in [0.29, 0.717) is 12.5 Å². The van der Waals surface area contributed by atoms with Gasteiger partial charge in [0, 0.05) is 19.5 Å². The highest BCUT2D eigenvalue weighted by Crippen LogP contribution is 2.29. The molecule has 1 saturated carbocycles. The Balaban J connectivity index is 2.40. The molecule has 1 rings (SSSR count). The topological polar surface area (TPSA) is 118 Å². The van der Waals surface area contributed by atoms with E-state index >= 15 is 0 Å². The van der Waals surface area contributed by atoms with Crippen molar-refractivity contribution in [3.05, 3.63) is 0 Å². The third kappa shape index (κ3) is 7.78. The summed E-state index contributed by atoms with van der Waals surface area (Å²) in [6.07, 6.45) is 1.96. The summed E-state index contributed by atoms with van der Waals surface area (Å²) in [5.74, 6) is -1.53. The van der Waals surface area contributed by atoms with Gasteiger partial charge < -0.3 is 10.8 Å². The number of carbonyl (C=O) groups excluding carboxylic acids is 1. The van der Waals surface area contributed by atoms with E-state index in [0.717, 1.165) is 12.8 Å². The lowest BCUT2D eigenvalue weighted by Gasteiger charge is -2.19. The van der Waals surface area contributed by atoms with Crippen LogP contribution >= 0.6 is 0 Å². The molecule has 0 unspecified atom stereocenters. The molecule has 19 heavy (non-hydrogen) atoms. The van der Waals surface area contributed by atoms with Crippen molar-refractivity contribution in [1.82, 2.24) is 4.90 Å². The van der Waals surface area contributed by atoms with E-state index < -0.39 is 21.7 Å². The fourth-order valence-corrected chi connectivity index (χ4v) is 2.97. The summed E-state index contributed by atoms with van der Waals surface area (Å²) in [5.41, 5.74) is 4.90. The molecule has 1 amide bonds. The number of nitrogens with two attached hydrogens (primary N) is 1. The number of primary amides is 1. The SMILES string of the molecule is NC(=O)CCS(=O)(=O)CCN(CC(=O)O)CC1CC1. The highest BCUT2D eigenvalue weighted by Gasteiger charge is 2.26. The lowest BCUT2D eigenvalue weighted by molar-refractivity contribution is -0.138. The lowest BCUT2D eigenvalue weighted by Crippen LogP contribution is -2.36. The van der Waals surface area contributed by atoms with Gasteiger partial charge in [-0.25, -0.2) is 8.42 Å². The van der Waals surface area contributed by atoms with Crippen LogP contribution in [-0.2, 0) is 19.4 Å². The van der Waals surface area contributed by atoms with Gasteiger partial charge in [-0.3, -0.25) is 14.5 Å². The first kappa shape index (κ1) is 15.9. The van der Waals surface area contributed by atoms with Gasteiger partial charge >= 0.3 is 5.97 Å². The van der Waals surface area contributed by atoms with Gasteiger partial charge in [0.1, 0.15) is 0 Å². The number of rotatable bonds is 10. The second-order valence-corrected chi connectivity index (χ2v) is 7.24. The third-order valence-electron chi connectivity index (χ3n) is 2.95. The number of hydrogen-bond donors (Lipinski definition) is 2. The molecule has 110 valence electrons. The van der Waals surface area contributed by atoms with Crippen molar-refractivity contribution < 1.29 is 23.1 Å². The summed E-state index contributed by atoms with van der Waals surface area (Å²) in [5, 5.41) is 8.77. The van der Waals surface area contributed by atoms with Crippen LogP contribution in [0.25, 0.3) is 0 Å². The zero-order valence-corrected chi connectivity index (χ0v) is 11.6. The summed E-state index contributed by atoms with van der Waals surface area (Å²) in [4.78, 5) is 22.9. The molecule has 1 fully saturated rings. The highest BCUT2D eigenvalue weighted by atomic mass is 32.2. The summed E-state index contributed by atoms with van der Waals surface area (Å²) >= 11 is 0. The van der Waals surface area contributed by atoms with Gasteiger partial charge in [-0.1, -0.05) is 0 Å². The monoisotopic (exact) mass is 292 g/mol. The summed E-state index contributed by atoms with van der Waals surface area (Å²) in [7, 11) is -3.36. The van der Waals surface area contributed by atoms with Crippen molar-refractivity contribution in [2.45, 2.75) is 19.3 Å². The van der Waals surface area contributed by atoms with Crippen LogP contribution in [0.4, 0.5) is 0 Å². The van der Waals surface area contributed by atoms with Crippen LogP contribution in [0.1, 0.15) is 19.3 Å². The van der Waals surface area contributed by atoms with Crippen molar-refractivity contribution in [3.63, 3.8) is 0 Å².